The number of fused-ring (bicyclic) bond motifs is 1. The van der Waals surface area contributed by atoms with Crippen molar-refractivity contribution in [2.75, 3.05) is 18.0 Å². The third kappa shape index (κ3) is 1.12. The number of amides is 1. The van der Waals surface area contributed by atoms with Gasteiger partial charge in [0.1, 0.15) is 0 Å². The predicted molar refractivity (Wildman–Crippen MR) is 52.2 cm³/mol. The van der Waals surface area contributed by atoms with Crippen LogP contribution < -0.4 is 10.6 Å². The Kier molecular flexibility index (Phi) is 2.05. The van der Waals surface area contributed by atoms with Gasteiger partial charge in [-0.1, -0.05) is 12.1 Å². The lowest BCUT2D eigenvalue weighted by molar-refractivity contribution is -0.114. The Labute approximate surface area is 81.3 Å². The van der Waals surface area contributed by atoms with Crippen LogP contribution in [0.4, 0.5) is 5.69 Å². The topological polar surface area (TPSA) is 63.4 Å². The maximum absolute atomic E-state index is 11.5. The number of nitrogens with two attached hydrogens (primary N) is 1. The molecule has 0 atom stereocenters. The molecule has 14 heavy (non-hydrogen) atoms. The molecule has 0 aliphatic carbocycles. The van der Waals surface area contributed by atoms with Gasteiger partial charge < -0.3 is 10.6 Å². The van der Waals surface area contributed by atoms with Crippen LogP contribution in [0.25, 0.3) is 0 Å². The lowest BCUT2D eigenvalue weighted by Gasteiger charge is -2.14. The summed E-state index contributed by atoms with van der Waals surface area (Å²) in [5.41, 5.74) is 6.52. The van der Waals surface area contributed by atoms with Gasteiger partial charge in [0.15, 0.2) is 0 Å². The molecule has 2 N–H and O–H groups in total. The largest absolute Gasteiger partial charge is 0.329 e. The molecule has 0 saturated heterocycles. The summed E-state index contributed by atoms with van der Waals surface area (Å²) in [4.78, 5) is 24.4. The molecule has 0 fully saturated rings. The van der Waals surface area contributed by atoms with Gasteiger partial charge in [-0.3, -0.25) is 9.59 Å². The maximum Gasteiger partial charge on any atom is 0.299 e. The third-order valence-electron chi connectivity index (χ3n) is 2.23. The lowest BCUT2D eigenvalue weighted by Crippen LogP contribution is -2.34. The van der Waals surface area contributed by atoms with Gasteiger partial charge in [-0.15, -0.1) is 0 Å². The number of Topliss-reactive ketones (excluding diaryl/α,β-unsaturated/α-hetero) is 1. The average Bonchev–Trinajstić information content (AvgIpc) is 2.45. The summed E-state index contributed by atoms with van der Waals surface area (Å²) in [5, 5.41) is 0. The monoisotopic (exact) mass is 190 g/mol. The van der Waals surface area contributed by atoms with Crippen molar-refractivity contribution in [3.8, 4) is 0 Å². The van der Waals surface area contributed by atoms with E-state index in [1.54, 1.807) is 24.3 Å². The number of benzene rings is 1. The van der Waals surface area contributed by atoms with E-state index < -0.39 is 11.7 Å². The molecular weight excluding hydrogens is 180 g/mol. The molecule has 1 amide bonds. The van der Waals surface area contributed by atoms with Crippen molar-refractivity contribution in [1.82, 2.24) is 0 Å². The van der Waals surface area contributed by atoms with Gasteiger partial charge >= 0.3 is 0 Å². The summed E-state index contributed by atoms with van der Waals surface area (Å²) in [7, 11) is 0. The number of rotatable bonds is 2. The van der Waals surface area contributed by atoms with E-state index in [-0.39, 0.29) is 0 Å². The van der Waals surface area contributed by atoms with Gasteiger partial charge in [-0.05, 0) is 12.1 Å². The Morgan fingerprint density at radius 3 is 2.64 bits per heavy atom. The zero-order valence-electron chi connectivity index (χ0n) is 7.56. The van der Waals surface area contributed by atoms with Gasteiger partial charge in [0.05, 0.1) is 11.3 Å². The fraction of sp³-hybridized carbons (Fsp3) is 0.200. The molecule has 0 unspecified atom stereocenters. The molecule has 1 aromatic rings. The molecule has 0 aromatic heterocycles. The standard InChI is InChI=1S/C10H10N2O2/c11-5-6-12-8-4-2-1-3-7(8)9(13)10(12)14/h1-4H,5-6,11H2. The molecular formula is C10H10N2O2. The van der Waals surface area contributed by atoms with Crippen molar-refractivity contribution in [3.05, 3.63) is 29.8 Å². The highest BCUT2D eigenvalue weighted by atomic mass is 16.2. The molecule has 0 radical (unpaired) electrons. The minimum absolute atomic E-state index is 0.355. The zero-order valence-corrected chi connectivity index (χ0v) is 7.56. The van der Waals surface area contributed by atoms with E-state index >= 15 is 0 Å². The Morgan fingerprint density at radius 1 is 1.21 bits per heavy atom. The van der Waals surface area contributed by atoms with Crippen LogP contribution in [0.1, 0.15) is 10.4 Å². The minimum atomic E-state index is -0.475. The highest BCUT2D eigenvalue weighted by molar-refractivity contribution is 6.52. The SMILES string of the molecule is NCCN1C(=O)C(=O)c2ccccc21. The number of nitrogens with zero attached hydrogens (tertiary/aromatic N) is 1. The highest BCUT2D eigenvalue weighted by Crippen LogP contribution is 2.27. The summed E-state index contributed by atoms with van der Waals surface area (Å²) in [6, 6.07) is 6.96. The summed E-state index contributed by atoms with van der Waals surface area (Å²) in [6.07, 6.45) is 0. The molecule has 0 saturated carbocycles. The van der Waals surface area contributed by atoms with Crippen LogP contribution in [0.15, 0.2) is 24.3 Å². The Morgan fingerprint density at radius 2 is 1.93 bits per heavy atom. The summed E-state index contributed by atoms with van der Waals surface area (Å²) >= 11 is 0. The molecule has 0 spiro atoms. The van der Waals surface area contributed by atoms with Gasteiger partial charge in [0, 0.05) is 13.1 Å². The molecule has 72 valence electrons. The van der Waals surface area contributed by atoms with Crippen LogP contribution in [0, 0.1) is 0 Å². The second-order valence-corrected chi connectivity index (χ2v) is 3.09. The minimum Gasteiger partial charge on any atom is -0.329 e. The van der Waals surface area contributed by atoms with E-state index in [1.165, 1.54) is 4.90 Å². The van der Waals surface area contributed by atoms with Crippen molar-refractivity contribution >= 4 is 17.4 Å². The number of hydrogen-bond acceptors (Lipinski definition) is 3. The van der Waals surface area contributed by atoms with Crippen LogP contribution >= 0.6 is 0 Å². The number of hydrogen-bond donors (Lipinski definition) is 1. The van der Waals surface area contributed by atoms with Crippen molar-refractivity contribution in [1.29, 1.82) is 0 Å². The molecule has 1 aliphatic rings. The van der Waals surface area contributed by atoms with Crippen LogP contribution in [0.2, 0.25) is 0 Å². The highest BCUT2D eigenvalue weighted by Gasteiger charge is 2.34. The van der Waals surface area contributed by atoms with Crippen molar-refractivity contribution in [2.45, 2.75) is 0 Å². The molecule has 1 aromatic carbocycles. The van der Waals surface area contributed by atoms with Gasteiger partial charge in [-0.25, -0.2) is 0 Å². The summed E-state index contributed by atoms with van der Waals surface area (Å²) < 4.78 is 0. The predicted octanol–water partition coefficient (Wildman–Crippen LogP) is 0.175. The first kappa shape index (κ1) is 8.90. The smallest absolute Gasteiger partial charge is 0.299 e. The molecule has 4 heteroatoms. The first-order valence-electron chi connectivity index (χ1n) is 4.41. The van der Waals surface area contributed by atoms with Crippen molar-refractivity contribution < 1.29 is 9.59 Å². The molecule has 1 aliphatic heterocycles. The molecule has 4 nitrogen and oxygen atoms in total. The van der Waals surface area contributed by atoms with E-state index in [4.69, 9.17) is 5.73 Å². The van der Waals surface area contributed by atoms with Gasteiger partial charge in [0.25, 0.3) is 11.7 Å². The fourth-order valence-electron chi connectivity index (χ4n) is 1.60. The number of carbonyl (C=O) groups excluding carboxylic acids is 2. The first-order valence-corrected chi connectivity index (χ1v) is 4.41. The number of ketones is 1. The Balaban J connectivity index is 2.48. The number of anilines is 1. The van der Waals surface area contributed by atoms with Gasteiger partial charge in [0.2, 0.25) is 0 Å². The molecule has 2 rings (SSSR count). The summed E-state index contributed by atoms with van der Waals surface area (Å²) in [6.45, 7) is 0.745. The number of carbonyl (C=O) groups is 2. The van der Waals surface area contributed by atoms with Crippen LogP contribution in [-0.4, -0.2) is 24.8 Å². The van der Waals surface area contributed by atoms with Gasteiger partial charge in [-0.2, -0.15) is 0 Å². The zero-order chi connectivity index (χ0) is 10.1. The molecule has 1 heterocycles. The van der Waals surface area contributed by atoms with E-state index in [9.17, 15) is 9.59 Å². The first-order chi connectivity index (χ1) is 6.75. The van der Waals surface area contributed by atoms with E-state index in [2.05, 4.69) is 0 Å². The lowest BCUT2D eigenvalue weighted by atomic mass is 10.1. The van der Waals surface area contributed by atoms with E-state index in [0.29, 0.717) is 24.3 Å². The fourth-order valence-corrected chi connectivity index (χ4v) is 1.60. The number of para-hydroxylation sites is 1. The van der Waals surface area contributed by atoms with Crippen LogP contribution in [-0.2, 0) is 4.79 Å². The average molecular weight is 190 g/mol. The molecule has 0 bridgehead atoms. The Hall–Kier alpha value is -1.68. The van der Waals surface area contributed by atoms with Crippen LogP contribution in [0.3, 0.4) is 0 Å². The van der Waals surface area contributed by atoms with Crippen molar-refractivity contribution in [3.63, 3.8) is 0 Å². The van der Waals surface area contributed by atoms with Crippen molar-refractivity contribution in [2.24, 2.45) is 5.73 Å². The normalized spacial score (nSPS) is 14.8. The van der Waals surface area contributed by atoms with Crippen LogP contribution in [0.5, 0.6) is 0 Å². The second kappa shape index (κ2) is 3.23. The summed E-state index contributed by atoms with van der Waals surface area (Å²) in [5.74, 6) is -0.911. The second-order valence-electron chi connectivity index (χ2n) is 3.09. The Bertz CT molecular complexity index is 401. The third-order valence-corrected chi connectivity index (χ3v) is 2.23. The van der Waals surface area contributed by atoms with E-state index in [0.717, 1.165) is 0 Å². The quantitative estimate of drug-likeness (QED) is 0.676. The van der Waals surface area contributed by atoms with E-state index in [1.807, 2.05) is 0 Å². The maximum atomic E-state index is 11.5.